The number of carbonyl (C=O) groups is 1. The highest BCUT2D eigenvalue weighted by Crippen LogP contribution is 2.14. The van der Waals surface area contributed by atoms with Gasteiger partial charge in [0.1, 0.15) is 0 Å². The number of rotatable bonds is 6. The number of Topliss-reactive ketones (excluding diaryl/α,β-unsaturated/α-hetero) is 1. The van der Waals surface area contributed by atoms with Crippen molar-refractivity contribution in [3.8, 4) is 5.95 Å². The molecule has 1 saturated heterocycles. The molecule has 1 aliphatic heterocycles. The van der Waals surface area contributed by atoms with Crippen molar-refractivity contribution in [2.45, 2.75) is 13.3 Å². The summed E-state index contributed by atoms with van der Waals surface area (Å²) < 4.78 is 1.60. The fourth-order valence-electron chi connectivity index (χ4n) is 3.31. The van der Waals surface area contributed by atoms with E-state index in [9.17, 15) is 4.79 Å². The fraction of sp³-hybridized carbons (Fsp3) is 0.368. The summed E-state index contributed by atoms with van der Waals surface area (Å²) in [6.07, 6.45) is 8.91. The summed E-state index contributed by atoms with van der Waals surface area (Å²) in [5.41, 5.74) is 1.39. The predicted molar refractivity (Wildman–Crippen MR) is 118 cm³/mol. The third-order valence-electron chi connectivity index (χ3n) is 4.91. The van der Waals surface area contributed by atoms with Crippen LogP contribution in [0.4, 0.5) is 5.95 Å². The Morgan fingerprint density at radius 3 is 2.07 bits per heavy atom. The molecule has 0 N–H and O–H groups in total. The van der Waals surface area contributed by atoms with Gasteiger partial charge < -0.3 is 4.90 Å². The Morgan fingerprint density at radius 2 is 1.47 bits per heavy atom. The smallest absolute Gasteiger partial charge is 0.250 e. The number of hydrogen-bond donors (Lipinski definition) is 0. The number of piperazine rings is 1. The molecule has 3 aromatic rings. The molecule has 0 bridgehead atoms. The highest BCUT2D eigenvalue weighted by atomic mass is 35.5. The van der Waals surface area contributed by atoms with Gasteiger partial charge in [0.05, 0.1) is 17.5 Å². The summed E-state index contributed by atoms with van der Waals surface area (Å²) >= 11 is 0. The third kappa shape index (κ3) is 5.29. The number of ketones is 1. The molecule has 4 rings (SSSR count). The zero-order valence-electron chi connectivity index (χ0n) is 16.6. The van der Waals surface area contributed by atoms with Gasteiger partial charge in [-0.2, -0.15) is 5.10 Å². The number of nitrogens with zero attached hydrogens (tertiary/aromatic N) is 8. The van der Waals surface area contributed by atoms with Gasteiger partial charge in [-0.15, -0.1) is 24.8 Å². The summed E-state index contributed by atoms with van der Waals surface area (Å²) in [5, 5.41) is 4.28. The molecule has 4 heterocycles. The highest BCUT2D eigenvalue weighted by molar-refractivity contribution is 5.97. The number of halogens is 2. The Bertz CT molecular complexity index is 930. The molecule has 0 atom stereocenters. The molecule has 0 amide bonds. The molecule has 0 aromatic carbocycles. The van der Waals surface area contributed by atoms with E-state index in [1.807, 2.05) is 13.0 Å². The Kier molecular flexibility index (Phi) is 8.64. The molecule has 3 aromatic heterocycles. The van der Waals surface area contributed by atoms with Crippen LogP contribution in [-0.2, 0) is 0 Å². The molecular weight excluding hydrogens is 427 g/mol. The van der Waals surface area contributed by atoms with Gasteiger partial charge >= 0.3 is 0 Å². The SMILES string of the molecule is Cc1c(C(=O)CCN2CCN(c3ncccn3)CC2)cnn1-c1ncccn1.Cl.Cl. The van der Waals surface area contributed by atoms with E-state index >= 15 is 0 Å². The minimum Gasteiger partial charge on any atom is -0.338 e. The van der Waals surface area contributed by atoms with E-state index in [4.69, 9.17) is 0 Å². The molecule has 0 unspecified atom stereocenters. The fourth-order valence-corrected chi connectivity index (χ4v) is 3.31. The second-order valence-electron chi connectivity index (χ2n) is 6.65. The molecule has 0 spiro atoms. The first kappa shape index (κ1) is 23.7. The second kappa shape index (κ2) is 11.0. The monoisotopic (exact) mass is 450 g/mol. The minimum absolute atomic E-state index is 0. The maximum absolute atomic E-state index is 12.7. The predicted octanol–water partition coefficient (Wildman–Crippen LogP) is 2.00. The van der Waals surface area contributed by atoms with Gasteiger partial charge in [-0.05, 0) is 19.1 Å². The van der Waals surface area contributed by atoms with Crippen LogP contribution in [0.15, 0.2) is 43.1 Å². The van der Waals surface area contributed by atoms with Crippen molar-refractivity contribution in [3.05, 3.63) is 54.4 Å². The van der Waals surface area contributed by atoms with Crippen LogP contribution in [-0.4, -0.2) is 73.1 Å². The van der Waals surface area contributed by atoms with E-state index in [1.54, 1.807) is 41.7 Å². The lowest BCUT2D eigenvalue weighted by molar-refractivity contribution is 0.0962. The summed E-state index contributed by atoms with van der Waals surface area (Å²) in [6, 6.07) is 3.57. The van der Waals surface area contributed by atoms with Crippen molar-refractivity contribution >= 4 is 36.5 Å². The van der Waals surface area contributed by atoms with Crippen LogP contribution in [0.25, 0.3) is 5.95 Å². The van der Waals surface area contributed by atoms with Gasteiger partial charge in [0.25, 0.3) is 5.95 Å². The number of anilines is 1. The van der Waals surface area contributed by atoms with Crippen molar-refractivity contribution in [2.75, 3.05) is 37.6 Å². The molecule has 9 nitrogen and oxygen atoms in total. The van der Waals surface area contributed by atoms with E-state index in [2.05, 4.69) is 34.8 Å². The number of aromatic nitrogens is 6. The lowest BCUT2D eigenvalue weighted by atomic mass is 10.1. The molecule has 30 heavy (non-hydrogen) atoms. The summed E-state index contributed by atoms with van der Waals surface area (Å²) in [5.74, 6) is 1.33. The zero-order chi connectivity index (χ0) is 19.3. The van der Waals surface area contributed by atoms with Crippen molar-refractivity contribution < 1.29 is 4.79 Å². The minimum atomic E-state index is 0. The van der Waals surface area contributed by atoms with Crippen LogP contribution in [0.2, 0.25) is 0 Å². The quantitative estimate of drug-likeness (QED) is 0.526. The van der Waals surface area contributed by atoms with Crippen LogP contribution in [0.1, 0.15) is 22.5 Å². The highest BCUT2D eigenvalue weighted by Gasteiger charge is 2.21. The second-order valence-corrected chi connectivity index (χ2v) is 6.65. The Labute approximate surface area is 187 Å². The summed E-state index contributed by atoms with van der Waals surface area (Å²) in [6.45, 7) is 6.11. The van der Waals surface area contributed by atoms with Crippen molar-refractivity contribution in [1.82, 2.24) is 34.6 Å². The van der Waals surface area contributed by atoms with Gasteiger partial charge in [0.15, 0.2) is 5.78 Å². The molecule has 11 heteroatoms. The number of hydrogen-bond acceptors (Lipinski definition) is 8. The van der Waals surface area contributed by atoms with Gasteiger partial charge in [0, 0.05) is 63.9 Å². The lowest BCUT2D eigenvalue weighted by Crippen LogP contribution is -2.47. The van der Waals surface area contributed by atoms with E-state index in [1.165, 1.54) is 0 Å². The standard InChI is InChI=1S/C19H22N8O.2ClH/c1-15-16(14-24-27(15)19-22-7-3-8-23-19)17(28)4-9-25-10-12-26(13-11-25)18-20-5-2-6-21-18;;/h2-3,5-8,14H,4,9-13H2,1H3;2*1H. The lowest BCUT2D eigenvalue weighted by Gasteiger charge is -2.34. The van der Waals surface area contributed by atoms with Crippen molar-refractivity contribution in [1.29, 1.82) is 0 Å². The van der Waals surface area contributed by atoms with E-state index in [-0.39, 0.29) is 30.6 Å². The Morgan fingerprint density at radius 1 is 0.900 bits per heavy atom. The van der Waals surface area contributed by atoms with E-state index in [0.29, 0.717) is 17.9 Å². The van der Waals surface area contributed by atoms with E-state index in [0.717, 1.165) is 44.4 Å². The van der Waals surface area contributed by atoms with Crippen LogP contribution >= 0.6 is 24.8 Å². The van der Waals surface area contributed by atoms with Gasteiger partial charge in [0.2, 0.25) is 5.95 Å². The average Bonchev–Trinajstić information content (AvgIpc) is 3.15. The first-order chi connectivity index (χ1) is 13.7. The van der Waals surface area contributed by atoms with Crippen LogP contribution < -0.4 is 4.90 Å². The normalized spacial score (nSPS) is 14.0. The molecule has 0 saturated carbocycles. The van der Waals surface area contributed by atoms with Crippen LogP contribution in [0.5, 0.6) is 0 Å². The number of carbonyl (C=O) groups excluding carboxylic acids is 1. The molecule has 160 valence electrons. The van der Waals surface area contributed by atoms with Crippen molar-refractivity contribution in [2.24, 2.45) is 0 Å². The summed E-state index contributed by atoms with van der Waals surface area (Å²) in [4.78, 5) is 34.1. The molecule has 0 radical (unpaired) electrons. The zero-order valence-corrected chi connectivity index (χ0v) is 18.2. The average molecular weight is 451 g/mol. The summed E-state index contributed by atoms with van der Waals surface area (Å²) in [7, 11) is 0. The maximum atomic E-state index is 12.7. The molecule has 0 aliphatic carbocycles. The topological polar surface area (TPSA) is 92.9 Å². The van der Waals surface area contributed by atoms with E-state index < -0.39 is 0 Å². The third-order valence-corrected chi connectivity index (χ3v) is 4.91. The molecule has 1 aliphatic rings. The van der Waals surface area contributed by atoms with Gasteiger partial charge in [-0.25, -0.2) is 24.6 Å². The molecular formula is C19H24Cl2N8O. The van der Waals surface area contributed by atoms with Crippen LogP contribution in [0, 0.1) is 6.92 Å². The first-order valence-electron chi connectivity index (χ1n) is 9.32. The van der Waals surface area contributed by atoms with Gasteiger partial charge in [-0.3, -0.25) is 9.69 Å². The van der Waals surface area contributed by atoms with Crippen molar-refractivity contribution in [3.63, 3.8) is 0 Å². The maximum Gasteiger partial charge on any atom is 0.250 e. The first-order valence-corrected chi connectivity index (χ1v) is 9.32. The molecule has 1 fully saturated rings. The van der Waals surface area contributed by atoms with Gasteiger partial charge in [-0.1, -0.05) is 0 Å². The largest absolute Gasteiger partial charge is 0.338 e. The Hall–Kier alpha value is -2.62. The Balaban J connectivity index is 0.00000160. The van der Waals surface area contributed by atoms with Crippen LogP contribution in [0.3, 0.4) is 0 Å².